The molecule has 0 radical (unpaired) electrons. The number of likely N-dealkylation sites (tertiary alicyclic amines) is 3. The van der Waals surface area contributed by atoms with E-state index in [-0.39, 0.29) is 53.6 Å². The first-order valence-electron chi connectivity index (χ1n) is 15.4. The zero-order valence-corrected chi connectivity index (χ0v) is 24.4. The van der Waals surface area contributed by atoms with Gasteiger partial charge in [-0.05, 0) is 63.5 Å². The number of ketones is 1. The number of hydrogen-bond acceptors (Lipinski definition) is 5. The zero-order valence-electron chi connectivity index (χ0n) is 24.4. The van der Waals surface area contributed by atoms with E-state index < -0.39 is 17.9 Å². The number of Topliss-reactive ketones (excluding diaryl/α,β-unsaturated/α-hetero) is 1. The van der Waals surface area contributed by atoms with E-state index in [1.807, 2.05) is 9.58 Å². The van der Waals surface area contributed by atoms with Crippen molar-refractivity contribution >= 4 is 17.7 Å². The molecule has 3 aliphatic heterocycles. The van der Waals surface area contributed by atoms with Gasteiger partial charge in [0.2, 0.25) is 0 Å². The lowest BCUT2D eigenvalue weighted by atomic mass is 9.91. The van der Waals surface area contributed by atoms with E-state index in [2.05, 4.69) is 5.10 Å². The second-order valence-corrected chi connectivity index (χ2v) is 12.6. The van der Waals surface area contributed by atoms with Gasteiger partial charge in [-0.15, -0.1) is 0 Å². The minimum atomic E-state index is -4.44. The van der Waals surface area contributed by atoms with Crippen LogP contribution < -0.4 is 5.73 Å². The number of amides is 3. The average Bonchev–Trinajstić information content (AvgIpc) is 3.53. The summed E-state index contributed by atoms with van der Waals surface area (Å²) in [7, 11) is 0. The van der Waals surface area contributed by atoms with Gasteiger partial charge in [0.25, 0.3) is 5.91 Å². The second-order valence-electron chi connectivity index (χ2n) is 12.6. The molecule has 1 saturated carbocycles. The predicted molar refractivity (Wildman–Crippen MR) is 152 cm³/mol. The van der Waals surface area contributed by atoms with Crippen molar-refractivity contribution in [2.45, 2.75) is 82.1 Å². The normalized spacial score (nSPS) is 25.3. The SMILES string of the molecule is CC(=O)C1CCN(C(=O)N2CCC(n3ncc(C(=O)N4CCC(c5ccccc5C(F)(F)F)C4)c3C3CC3)CC2)[C@H](N)C1. The van der Waals surface area contributed by atoms with E-state index >= 15 is 0 Å². The van der Waals surface area contributed by atoms with Gasteiger partial charge in [-0.1, -0.05) is 18.2 Å². The van der Waals surface area contributed by atoms with E-state index in [1.165, 1.54) is 12.1 Å². The van der Waals surface area contributed by atoms with Crippen LogP contribution in [0.15, 0.2) is 30.5 Å². The molecule has 1 aliphatic carbocycles. The van der Waals surface area contributed by atoms with E-state index in [9.17, 15) is 27.6 Å². The van der Waals surface area contributed by atoms with Crippen LogP contribution in [0.4, 0.5) is 18.0 Å². The van der Waals surface area contributed by atoms with Crippen LogP contribution >= 0.6 is 0 Å². The first-order valence-corrected chi connectivity index (χ1v) is 15.4. The molecular weight excluding hydrogens is 561 g/mol. The Morgan fingerprint density at radius 3 is 2.26 bits per heavy atom. The third kappa shape index (κ3) is 5.90. The van der Waals surface area contributed by atoms with E-state index in [4.69, 9.17) is 5.73 Å². The molecule has 2 unspecified atom stereocenters. The summed E-state index contributed by atoms with van der Waals surface area (Å²) in [6.07, 6.45) is 1.65. The maximum Gasteiger partial charge on any atom is 0.416 e. The number of carbonyl (C=O) groups excluding carboxylic acids is 3. The molecule has 6 rings (SSSR count). The lowest BCUT2D eigenvalue weighted by molar-refractivity contribution is -0.138. The maximum absolute atomic E-state index is 13.7. The lowest BCUT2D eigenvalue weighted by Crippen LogP contribution is -2.57. The van der Waals surface area contributed by atoms with Crippen molar-refractivity contribution in [1.29, 1.82) is 0 Å². The van der Waals surface area contributed by atoms with Crippen molar-refractivity contribution in [2.75, 3.05) is 32.7 Å². The second kappa shape index (κ2) is 11.6. The highest BCUT2D eigenvalue weighted by Crippen LogP contribution is 2.44. The number of rotatable bonds is 5. The summed E-state index contributed by atoms with van der Waals surface area (Å²) >= 11 is 0. The van der Waals surface area contributed by atoms with E-state index in [0.717, 1.165) is 24.6 Å². The van der Waals surface area contributed by atoms with Crippen LogP contribution in [0.2, 0.25) is 0 Å². The Morgan fingerprint density at radius 2 is 1.60 bits per heavy atom. The van der Waals surface area contributed by atoms with Crippen LogP contribution in [-0.2, 0) is 11.0 Å². The highest BCUT2D eigenvalue weighted by Gasteiger charge is 2.41. The highest BCUT2D eigenvalue weighted by atomic mass is 19.4. The first kappa shape index (κ1) is 29.7. The van der Waals surface area contributed by atoms with Crippen LogP contribution in [-0.4, -0.2) is 81.1 Å². The minimum absolute atomic E-state index is 0.0447. The van der Waals surface area contributed by atoms with Crippen molar-refractivity contribution < 1.29 is 27.6 Å². The highest BCUT2D eigenvalue weighted by molar-refractivity contribution is 5.95. The van der Waals surface area contributed by atoms with Crippen molar-refractivity contribution in [3.63, 3.8) is 0 Å². The van der Waals surface area contributed by atoms with Gasteiger partial charge < -0.3 is 20.4 Å². The molecule has 2 N–H and O–H groups in total. The van der Waals surface area contributed by atoms with Gasteiger partial charge in [-0.25, -0.2) is 4.79 Å². The monoisotopic (exact) mass is 600 g/mol. The average molecular weight is 601 g/mol. The number of benzene rings is 1. The molecule has 3 saturated heterocycles. The van der Waals surface area contributed by atoms with E-state index in [1.54, 1.807) is 29.0 Å². The van der Waals surface area contributed by atoms with Crippen molar-refractivity contribution in [1.82, 2.24) is 24.5 Å². The number of carbonyl (C=O) groups is 3. The fraction of sp³-hybridized carbons (Fsp3) is 0.613. The molecule has 3 atom stereocenters. The fourth-order valence-corrected chi connectivity index (χ4v) is 7.16. The molecule has 3 amide bonds. The number of aromatic nitrogens is 2. The van der Waals surface area contributed by atoms with Gasteiger partial charge in [-0.3, -0.25) is 14.3 Å². The molecule has 0 spiro atoms. The van der Waals surface area contributed by atoms with Crippen LogP contribution in [0.5, 0.6) is 0 Å². The number of urea groups is 1. The molecule has 4 fully saturated rings. The summed E-state index contributed by atoms with van der Waals surface area (Å²) in [5.74, 6) is -0.279. The molecule has 2 aromatic rings. The molecule has 12 heteroatoms. The molecule has 4 heterocycles. The summed E-state index contributed by atoms with van der Waals surface area (Å²) in [4.78, 5) is 43.9. The standard InChI is InChI=1S/C31H39F3N6O3/c1-19(41)21-9-15-39(27(35)16-21)30(43)37-13-10-23(11-14-37)40-28(20-6-7-20)25(17-36-40)29(42)38-12-8-22(18-38)24-4-2-3-5-26(24)31(32,33)34/h2-5,17,20-23,27H,6-16,18,35H2,1H3/t21?,22?,27-/m0/s1. The number of nitrogens with two attached hydrogens (primary N) is 1. The van der Waals surface area contributed by atoms with Crippen LogP contribution in [0.25, 0.3) is 0 Å². The Kier molecular flexibility index (Phi) is 7.99. The third-order valence-electron chi connectivity index (χ3n) is 9.76. The van der Waals surface area contributed by atoms with Gasteiger partial charge in [0.1, 0.15) is 5.78 Å². The van der Waals surface area contributed by atoms with Gasteiger partial charge in [0.15, 0.2) is 0 Å². The van der Waals surface area contributed by atoms with Gasteiger partial charge in [0, 0.05) is 50.5 Å². The fourth-order valence-electron chi connectivity index (χ4n) is 7.16. The van der Waals surface area contributed by atoms with Crippen molar-refractivity contribution in [3.05, 3.63) is 52.8 Å². The van der Waals surface area contributed by atoms with Crippen LogP contribution in [0.1, 0.15) is 96.9 Å². The molecule has 4 aliphatic rings. The van der Waals surface area contributed by atoms with Crippen LogP contribution in [0.3, 0.4) is 0 Å². The minimum Gasteiger partial charge on any atom is -0.338 e. The molecule has 1 aromatic carbocycles. The topological polar surface area (TPSA) is 105 Å². The number of halogens is 3. The predicted octanol–water partition coefficient (Wildman–Crippen LogP) is 4.75. The molecular formula is C31H39F3N6O3. The van der Waals surface area contributed by atoms with E-state index in [0.29, 0.717) is 63.8 Å². The number of alkyl halides is 3. The Morgan fingerprint density at radius 1 is 0.907 bits per heavy atom. The van der Waals surface area contributed by atoms with Gasteiger partial charge in [0.05, 0.1) is 35.2 Å². The number of piperidine rings is 2. The summed E-state index contributed by atoms with van der Waals surface area (Å²) in [6, 6.07) is 5.60. The van der Waals surface area contributed by atoms with Crippen molar-refractivity contribution in [3.8, 4) is 0 Å². The Labute approximate surface area is 249 Å². The van der Waals surface area contributed by atoms with Gasteiger partial charge in [-0.2, -0.15) is 18.3 Å². The quantitative estimate of drug-likeness (QED) is 0.534. The largest absolute Gasteiger partial charge is 0.416 e. The Balaban J connectivity index is 1.11. The van der Waals surface area contributed by atoms with Crippen molar-refractivity contribution in [2.24, 2.45) is 11.7 Å². The molecule has 43 heavy (non-hydrogen) atoms. The summed E-state index contributed by atoms with van der Waals surface area (Å²) in [6.45, 7) is 3.78. The Bertz CT molecular complexity index is 1380. The molecule has 9 nitrogen and oxygen atoms in total. The smallest absolute Gasteiger partial charge is 0.338 e. The summed E-state index contributed by atoms with van der Waals surface area (Å²) < 4.78 is 42.9. The number of nitrogens with zero attached hydrogens (tertiary/aromatic N) is 5. The lowest BCUT2D eigenvalue weighted by Gasteiger charge is -2.41. The third-order valence-corrected chi connectivity index (χ3v) is 9.76. The Hall–Kier alpha value is -3.41. The zero-order chi connectivity index (χ0) is 30.5. The molecule has 0 bridgehead atoms. The summed E-state index contributed by atoms with van der Waals surface area (Å²) in [5, 5.41) is 4.67. The first-order chi connectivity index (χ1) is 20.5. The summed E-state index contributed by atoms with van der Waals surface area (Å²) in [5.41, 5.74) is 7.35. The molecule has 232 valence electrons. The maximum atomic E-state index is 13.7. The van der Waals surface area contributed by atoms with Crippen LogP contribution in [0, 0.1) is 5.92 Å². The van der Waals surface area contributed by atoms with Gasteiger partial charge >= 0.3 is 12.2 Å². The number of hydrogen-bond donors (Lipinski definition) is 1. The molecule has 1 aromatic heterocycles.